The molecule has 0 saturated carbocycles. The third-order valence-electron chi connectivity index (χ3n) is 5.62. The lowest BCUT2D eigenvalue weighted by Crippen LogP contribution is -2.50. The summed E-state index contributed by atoms with van der Waals surface area (Å²) in [5, 5.41) is 11.3. The quantitative estimate of drug-likeness (QED) is 0.289. The van der Waals surface area contributed by atoms with Gasteiger partial charge in [0.15, 0.2) is 0 Å². The van der Waals surface area contributed by atoms with Crippen LogP contribution >= 0.6 is 23.1 Å². The summed E-state index contributed by atoms with van der Waals surface area (Å²) in [5.74, 6) is 0.313. The predicted octanol–water partition coefficient (Wildman–Crippen LogP) is 3.75. The monoisotopic (exact) mass is 504 g/mol. The van der Waals surface area contributed by atoms with Crippen molar-refractivity contribution >= 4 is 39.0 Å². The van der Waals surface area contributed by atoms with Crippen LogP contribution in [0.15, 0.2) is 75.8 Å². The van der Waals surface area contributed by atoms with Gasteiger partial charge in [0.25, 0.3) is 5.91 Å². The summed E-state index contributed by atoms with van der Waals surface area (Å²) in [6.07, 6.45) is 0.196. The van der Waals surface area contributed by atoms with Crippen LogP contribution in [0.5, 0.6) is 5.75 Å². The minimum Gasteiger partial charge on any atom is -0.497 e. The Bertz CT molecular complexity index is 1200. The molecule has 0 spiro atoms. The zero-order chi connectivity index (χ0) is 23.4. The summed E-state index contributed by atoms with van der Waals surface area (Å²) < 4.78 is 33.7. The van der Waals surface area contributed by atoms with Gasteiger partial charge in [-0.1, -0.05) is 18.2 Å². The number of thioether (sulfide) groups is 1. The van der Waals surface area contributed by atoms with Crippen molar-refractivity contribution in [3.63, 3.8) is 0 Å². The van der Waals surface area contributed by atoms with Gasteiger partial charge in [-0.15, -0.1) is 23.1 Å². The Morgan fingerprint density at radius 3 is 2.58 bits per heavy atom. The average molecular weight is 505 g/mol. The molecular formula is C23H24N2O5S3. The number of carbonyl (C=O) groups excluding carboxylic acids is 1. The lowest BCUT2D eigenvalue weighted by Gasteiger charge is -2.29. The first kappa shape index (κ1) is 23.8. The summed E-state index contributed by atoms with van der Waals surface area (Å²) in [4.78, 5) is 14.8. The van der Waals surface area contributed by atoms with Gasteiger partial charge in [0.2, 0.25) is 10.0 Å². The van der Waals surface area contributed by atoms with Gasteiger partial charge in [-0.25, -0.2) is 13.9 Å². The third kappa shape index (κ3) is 5.10. The highest BCUT2D eigenvalue weighted by molar-refractivity contribution is 7.99. The molecule has 0 aliphatic carbocycles. The number of nitrogens with zero attached hydrogens (tertiary/aromatic N) is 1. The van der Waals surface area contributed by atoms with E-state index in [0.29, 0.717) is 11.5 Å². The van der Waals surface area contributed by atoms with Gasteiger partial charge in [-0.2, -0.15) is 4.31 Å². The Morgan fingerprint density at radius 2 is 1.91 bits per heavy atom. The number of nitrogens with one attached hydrogen (secondary N) is 1. The average Bonchev–Trinajstić information content (AvgIpc) is 3.25. The van der Waals surface area contributed by atoms with Crippen LogP contribution in [0.3, 0.4) is 0 Å². The molecule has 2 heterocycles. The summed E-state index contributed by atoms with van der Waals surface area (Å²) in [6.45, 7) is 0.121. The van der Waals surface area contributed by atoms with Gasteiger partial charge in [-0.3, -0.25) is 10.0 Å². The lowest BCUT2D eigenvalue weighted by molar-refractivity contribution is -0.133. The van der Waals surface area contributed by atoms with E-state index in [1.54, 1.807) is 29.4 Å². The number of rotatable bonds is 7. The number of thiophene rings is 1. The van der Waals surface area contributed by atoms with Crippen LogP contribution in [0.4, 0.5) is 0 Å². The molecule has 7 nitrogen and oxygen atoms in total. The maximum atomic E-state index is 13.7. The number of methoxy groups -OCH3 is 1. The molecule has 2 aromatic carbocycles. The number of amides is 1. The molecule has 1 amide bonds. The Kier molecular flexibility index (Phi) is 7.40. The summed E-state index contributed by atoms with van der Waals surface area (Å²) >= 11 is 3.15. The van der Waals surface area contributed by atoms with Crippen LogP contribution in [-0.4, -0.2) is 49.3 Å². The van der Waals surface area contributed by atoms with Crippen LogP contribution in [0, 0.1) is 0 Å². The van der Waals surface area contributed by atoms with Gasteiger partial charge in [-0.05, 0) is 53.4 Å². The molecule has 4 rings (SSSR count). The molecule has 1 aliphatic heterocycles. The number of sulfonamides is 1. The van der Waals surface area contributed by atoms with Gasteiger partial charge >= 0.3 is 0 Å². The molecule has 1 aromatic heterocycles. The number of hydrogen-bond acceptors (Lipinski definition) is 7. The van der Waals surface area contributed by atoms with Crippen molar-refractivity contribution < 1.29 is 23.2 Å². The Labute approximate surface area is 201 Å². The van der Waals surface area contributed by atoms with Crippen molar-refractivity contribution in [2.75, 3.05) is 19.4 Å². The Hall–Kier alpha value is -2.37. The molecule has 1 aliphatic rings. The molecular weight excluding hydrogens is 480 g/mol. The van der Waals surface area contributed by atoms with Crippen molar-refractivity contribution in [2.24, 2.45) is 0 Å². The maximum absolute atomic E-state index is 13.7. The second-order valence-corrected chi connectivity index (χ2v) is 11.6. The first-order valence-electron chi connectivity index (χ1n) is 10.3. The minimum absolute atomic E-state index is 0.0683. The predicted molar refractivity (Wildman–Crippen MR) is 129 cm³/mol. The third-order valence-corrected chi connectivity index (χ3v) is 9.64. The summed E-state index contributed by atoms with van der Waals surface area (Å²) in [5.41, 5.74) is 2.71. The number of fused-ring (bicyclic) bond motifs is 1. The first-order chi connectivity index (χ1) is 15.9. The van der Waals surface area contributed by atoms with E-state index in [1.165, 1.54) is 34.9 Å². The van der Waals surface area contributed by atoms with Crippen LogP contribution in [-0.2, 0) is 21.2 Å². The van der Waals surface area contributed by atoms with Crippen molar-refractivity contribution in [1.29, 1.82) is 0 Å². The first-order valence-corrected chi connectivity index (χ1v) is 13.6. The highest BCUT2D eigenvalue weighted by Gasteiger charge is 2.41. The highest BCUT2D eigenvalue weighted by Crippen LogP contribution is 2.37. The zero-order valence-corrected chi connectivity index (χ0v) is 20.3. The summed E-state index contributed by atoms with van der Waals surface area (Å²) in [6, 6.07) is 17.0. The van der Waals surface area contributed by atoms with E-state index in [0.717, 1.165) is 15.3 Å². The fourth-order valence-electron chi connectivity index (χ4n) is 3.90. The van der Waals surface area contributed by atoms with E-state index in [2.05, 4.69) is 0 Å². The Balaban J connectivity index is 1.71. The number of carbonyl (C=O) groups is 1. The number of ether oxygens (including phenoxy) is 1. The molecule has 0 fully saturated rings. The topological polar surface area (TPSA) is 95.9 Å². The minimum atomic E-state index is -4.02. The number of hydroxylamine groups is 1. The molecule has 2 atom stereocenters. The van der Waals surface area contributed by atoms with Crippen LogP contribution in [0.2, 0.25) is 0 Å². The second kappa shape index (κ2) is 10.3. The Morgan fingerprint density at radius 1 is 1.18 bits per heavy atom. The lowest BCUT2D eigenvalue weighted by atomic mass is 10.0. The van der Waals surface area contributed by atoms with E-state index in [-0.39, 0.29) is 23.8 Å². The molecule has 0 radical (unpaired) electrons. The maximum Gasteiger partial charge on any atom is 0.262 e. The van der Waals surface area contributed by atoms with Gasteiger partial charge < -0.3 is 4.74 Å². The molecule has 2 N–H and O–H groups in total. The van der Waals surface area contributed by atoms with Crippen molar-refractivity contribution in [3.05, 3.63) is 76.5 Å². The molecule has 2 unspecified atom stereocenters. The largest absolute Gasteiger partial charge is 0.497 e. The van der Waals surface area contributed by atoms with Crippen molar-refractivity contribution in [3.8, 4) is 5.75 Å². The van der Waals surface area contributed by atoms with Crippen LogP contribution in [0.1, 0.15) is 16.4 Å². The summed E-state index contributed by atoms with van der Waals surface area (Å²) in [7, 11) is -2.52. The van der Waals surface area contributed by atoms with Gasteiger partial charge in [0.1, 0.15) is 11.8 Å². The van der Waals surface area contributed by atoms with Crippen LogP contribution in [0.25, 0.3) is 0 Å². The normalized spacial score (nSPS) is 18.8. The molecule has 10 heteroatoms. The standard InChI is InChI=1S/C23H24N2O5S3/c1-30-17-7-9-19(10-8-17)33(28,29)25-14-16(15-32-18-5-3-2-4-6-18)20-11-12-31-22(20)13-21(25)23(26)24-27/h2-12,16,21,27H,13-15H2,1H3,(H,24,26). The molecule has 3 aromatic rings. The van der Waals surface area contributed by atoms with E-state index in [4.69, 9.17) is 4.74 Å². The number of hydrogen-bond donors (Lipinski definition) is 2. The van der Waals surface area contributed by atoms with Gasteiger partial charge in [0.05, 0.1) is 12.0 Å². The molecule has 174 valence electrons. The molecule has 0 bridgehead atoms. The van der Waals surface area contributed by atoms with E-state index < -0.39 is 22.0 Å². The van der Waals surface area contributed by atoms with Crippen molar-refractivity contribution in [1.82, 2.24) is 9.79 Å². The smallest absolute Gasteiger partial charge is 0.262 e. The van der Waals surface area contributed by atoms with E-state index in [1.807, 2.05) is 41.8 Å². The highest BCUT2D eigenvalue weighted by atomic mass is 32.2. The molecule has 0 saturated heterocycles. The molecule has 33 heavy (non-hydrogen) atoms. The van der Waals surface area contributed by atoms with Crippen LogP contribution < -0.4 is 10.2 Å². The second-order valence-electron chi connectivity index (χ2n) is 7.57. The fourth-order valence-corrected chi connectivity index (χ4v) is 7.57. The van der Waals surface area contributed by atoms with Crippen molar-refractivity contribution in [2.45, 2.75) is 28.2 Å². The SMILES string of the molecule is COc1ccc(S(=O)(=O)N2CC(CSc3ccccc3)c3ccsc3CC2C(=O)NO)cc1. The van der Waals surface area contributed by atoms with E-state index in [9.17, 15) is 18.4 Å². The van der Waals surface area contributed by atoms with Gasteiger partial charge in [0, 0.05) is 34.4 Å². The van der Waals surface area contributed by atoms with E-state index >= 15 is 0 Å². The fraction of sp³-hybridized carbons (Fsp3) is 0.261. The number of benzene rings is 2. The zero-order valence-electron chi connectivity index (χ0n) is 17.9.